The molecule has 3 atom stereocenters. The lowest BCUT2D eigenvalue weighted by Crippen LogP contribution is -2.45. The highest BCUT2D eigenvalue weighted by molar-refractivity contribution is 5.80. The zero-order chi connectivity index (χ0) is 18.2. The van der Waals surface area contributed by atoms with Crippen LogP contribution in [0.3, 0.4) is 0 Å². The van der Waals surface area contributed by atoms with Crippen LogP contribution in [0.15, 0.2) is 24.3 Å². The maximum absolute atomic E-state index is 12.0. The van der Waals surface area contributed by atoms with Gasteiger partial charge in [-0.2, -0.15) is 0 Å². The molecule has 1 N–H and O–H groups in total. The molecule has 2 rings (SSSR count). The van der Waals surface area contributed by atoms with E-state index in [1.807, 2.05) is 24.3 Å². The van der Waals surface area contributed by atoms with Crippen LogP contribution in [0.4, 0.5) is 0 Å². The molecular formula is C20H29NO4. The summed E-state index contributed by atoms with van der Waals surface area (Å²) in [4.78, 5) is 23.8. The first-order chi connectivity index (χ1) is 12.0. The van der Waals surface area contributed by atoms with Crippen molar-refractivity contribution >= 4 is 11.9 Å². The third-order valence-corrected chi connectivity index (χ3v) is 5.19. The number of hydrogen-bond acceptors (Lipinski definition) is 4. The van der Waals surface area contributed by atoms with Crippen molar-refractivity contribution in [2.75, 3.05) is 13.7 Å². The molecular weight excluding hydrogens is 318 g/mol. The topological polar surface area (TPSA) is 64.6 Å². The van der Waals surface area contributed by atoms with E-state index in [9.17, 15) is 9.59 Å². The molecule has 1 amide bonds. The minimum atomic E-state index is -0.351. The van der Waals surface area contributed by atoms with Crippen molar-refractivity contribution in [3.8, 4) is 5.75 Å². The molecule has 25 heavy (non-hydrogen) atoms. The van der Waals surface area contributed by atoms with Crippen molar-refractivity contribution in [2.24, 2.45) is 11.8 Å². The second-order valence-electron chi connectivity index (χ2n) is 6.95. The summed E-state index contributed by atoms with van der Waals surface area (Å²) in [6.07, 6.45) is 4.20. The van der Waals surface area contributed by atoms with E-state index in [2.05, 4.69) is 19.2 Å². The predicted octanol–water partition coefficient (Wildman–Crippen LogP) is 3.11. The molecule has 1 aromatic rings. The van der Waals surface area contributed by atoms with E-state index < -0.39 is 0 Å². The fraction of sp³-hybridized carbons (Fsp3) is 0.600. The lowest BCUT2D eigenvalue weighted by molar-refractivity contribution is -0.148. The first-order valence-corrected chi connectivity index (χ1v) is 9.07. The Morgan fingerprint density at radius 2 is 1.88 bits per heavy atom. The minimum Gasteiger partial charge on any atom is -0.497 e. The average molecular weight is 347 g/mol. The van der Waals surface area contributed by atoms with Gasteiger partial charge in [-0.25, -0.2) is 0 Å². The average Bonchev–Trinajstić information content (AvgIpc) is 2.62. The summed E-state index contributed by atoms with van der Waals surface area (Å²) < 4.78 is 10.2. The first-order valence-electron chi connectivity index (χ1n) is 9.07. The van der Waals surface area contributed by atoms with Gasteiger partial charge in [0.2, 0.25) is 0 Å². The third-order valence-electron chi connectivity index (χ3n) is 5.19. The molecule has 5 nitrogen and oxygen atoms in total. The van der Waals surface area contributed by atoms with Crippen LogP contribution in [0.5, 0.6) is 5.75 Å². The van der Waals surface area contributed by atoms with Crippen molar-refractivity contribution in [3.63, 3.8) is 0 Å². The monoisotopic (exact) mass is 347 g/mol. The van der Waals surface area contributed by atoms with Gasteiger partial charge < -0.3 is 14.8 Å². The number of rotatable bonds is 7. The van der Waals surface area contributed by atoms with Crippen LogP contribution in [0.25, 0.3) is 0 Å². The van der Waals surface area contributed by atoms with Crippen molar-refractivity contribution in [1.82, 2.24) is 5.32 Å². The lowest BCUT2D eigenvalue weighted by Gasteiger charge is -2.34. The first kappa shape index (κ1) is 19.3. The molecule has 0 radical (unpaired) electrons. The Labute approximate surface area is 150 Å². The fourth-order valence-electron chi connectivity index (χ4n) is 3.29. The summed E-state index contributed by atoms with van der Waals surface area (Å²) >= 11 is 0. The quantitative estimate of drug-likeness (QED) is 0.770. The number of ether oxygens (including phenoxy) is 2. The van der Waals surface area contributed by atoms with Gasteiger partial charge in [0.1, 0.15) is 5.75 Å². The van der Waals surface area contributed by atoms with Crippen molar-refractivity contribution < 1.29 is 19.1 Å². The van der Waals surface area contributed by atoms with E-state index in [0.29, 0.717) is 18.3 Å². The Bertz CT molecular complexity index is 570. The molecule has 1 fully saturated rings. The van der Waals surface area contributed by atoms with Gasteiger partial charge in [0, 0.05) is 12.5 Å². The number of benzene rings is 1. The second-order valence-corrected chi connectivity index (χ2v) is 6.95. The van der Waals surface area contributed by atoms with Gasteiger partial charge in [-0.3, -0.25) is 9.59 Å². The van der Waals surface area contributed by atoms with Gasteiger partial charge in [-0.15, -0.1) is 0 Å². The molecule has 1 saturated carbocycles. The van der Waals surface area contributed by atoms with Crippen LogP contribution < -0.4 is 10.1 Å². The second kappa shape index (κ2) is 9.44. The highest BCUT2D eigenvalue weighted by atomic mass is 16.5. The smallest absolute Gasteiger partial charge is 0.306 e. The maximum Gasteiger partial charge on any atom is 0.306 e. The van der Waals surface area contributed by atoms with Crippen LogP contribution in [0.2, 0.25) is 0 Å². The Morgan fingerprint density at radius 1 is 1.16 bits per heavy atom. The van der Waals surface area contributed by atoms with Gasteiger partial charge in [0.25, 0.3) is 5.91 Å². The standard InChI is InChI=1S/C20H29NO4/c1-14-5-4-6-18(15(14)2)21-19(22)13-25-20(23)12-9-16-7-10-17(24-3)11-8-16/h7-8,10-11,14-15,18H,4-6,9,12-13H2,1-3H3,(H,21,22)/t14-,15+,18+/m0/s1. The van der Waals surface area contributed by atoms with Crippen LogP contribution in [-0.4, -0.2) is 31.6 Å². The van der Waals surface area contributed by atoms with Gasteiger partial charge in [-0.05, 0) is 42.4 Å². The normalized spacial score (nSPS) is 22.9. The molecule has 5 heteroatoms. The highest BCUT2D eigenvalue weighted by Crippen LogP contribution is 2.29. The number of methoxy groups -OCH3 is 1. The summed E-state index contributed by atoms with van der Waals surface area (Å²) in [6, 6.07) is 7.75. The SMILES string of the molecule is COc1ccc(CCC(=O)OCC(=O)N[C@@H]2CCC[C@H](C)[C@H]2C)cc1. The molecule has 1 aliphatic rings. The summed E-state index contributed by atoms with van der Waals surface area (Å²) in [5, 5.41) is 3.01. The fourth-order valence-corrected chi connectivity index (χ4v) is 3.29. The van der Waals surface area contributed by atoms with E-state index in [1.165, 1.54) is 6.42 Å². The summed E-state index contributed by atoms with van der Waals surface area (Å²) in [5.41, 5.74) is 1.03. The molecule has 1 aromatic carbocycles. The van der Waals surface area contributed by atoms with E-state index in [1.54, 1.807) is 7.11 Å². The third kappa shape index (κ3) is 6.07. The number of esters is 1. The zero-order valence-electron chi connectivity index (χ0n) is 15.4. The summed E-state index contributed by atoms with van der Waals surface area (Å²) in [5.74, 6) is 1.31. The lowest BCUT2D eigenvalue weighted by atomic mass is 9.78. The maximum atomic E-state index is 12.0. The number of carbonyl (C=O) groups excluding carboxylic acids is 2. The molecule has 0 heterocycles. The van der Waals surface area contributed by atoms with Crippen molar-refractivity contribution in [1.29, 1.82) is 0 Å². The van der Waals surface area contributed by atoms with E-state index >= 15 is 0 Å². The number of amides is 1. The molecule has 0 unspecified atom stereocenters. The molecule has 0 aliphatic heterocycles. The summed E-state index contributed by atoms with van der Waals surface area (Å²) in [6.45, 7) is 4.21. The van der Waals surface area contributed by atoms with Gasteiger partial charge in [0.05, 0.1) is 7.11 Å². The Balaban J connectivity index is 1.67. The Kier molecular flexibility index (Phi) is 7.29. The van der Waals surface area contributed by atoms with E-state index in [-0.39, 0.29) is 30.9 Å². The largest absolute Gasteiger partial charge is 0.497 e. The molecule has 0 saturated heterocycles. The number of carbonyl (C=O) groups is 2. The van der Waals surface area contributed by atoms with E-state index in [4.69, 9.17) is 9.47 Å². The van der Waals surface area contributed by atoms with Crippen LogP contribution in [-0.2, 0) is 20.7 Å². The zero-order valence-corrected chi connectivity index (χ0v) is 15.4. The Hall–Kier alpha value is -2.04. The summed E-state index contributed by atoms with van der Waals surface area (Å²) in [7, 11) is 1.62. The van der Waals surface area contributed by atoms with Crippen LogP contribution >= 0.6 is 0 Å². The predicted molar refractivity (Wildman–Crippen MR) is 96.4 cm³/mol. The van der Waals surface area contributed by atoms with Crippen LogP contribution in [0.1, 0.15) is 45.1 Å². The minimum absolute atomic E-state index is 0.189. The number of nitrogens with one attached hydrogen (secondary N) is 1. The number of hydrogen-bond donors (Lipinski definition) is 1. The van der Waals surface area contributed by atoms with Crippen molar-refractivity contribution in [3.05, 3.63) is 29.8 Å². The molecule has 0 spiro atoms. The van der Waals surface area contributed by atoms with Gasteiger partial charge in [-0.1, -0.05) is 38.8 Å². The molecule has 138 valence electrons. The van der Waals surface area contributed by atoms with Gasteiger partial charge >= 0.3 is 5.97 Å². The molecule has 0 aromatic heterocycles. The van der Waals surface area contributed by atoms with Gasteiger partial charge in [0.15, 0.2) is 6.61 Å². The van der Waals surface area contributed by atoms with E-state index in [0.717, 1.165) is 24.2 Å². The van der Waals surface area contributed by atoms with Crippen LogP contribution in [0, 0.1) is 11.8 Å². The highest BCUT2D eigenvalue weighted by Gasteiger charge is 2.28. The Morgan fingerprint density at radius 3 is 2.56 bits per heavy atom. The molecule has 0 bridgehead atoms. The van der Waals surface area contributed by atoms with Crippen molar-refractivity contribution in [2.45, 2.75) is 52.0 Å². The number of aryl methyl sites for hydroxylation is 1. The molecule has 1 aliphatic carbocycles.